The van der Waals surface area contributed by atoms with Gasteiger partial charge in [0.2, 0.25) is 0 Å². The molecular weight excluding hydrogens is 1960 g/mol. The largest absolute Gasteiger partial charge is 2.00 e. The van der Waals surface area contributed by atoms with Crippen molar-refractivity contribution in [3.8, 4) is 271 Å². The Bertz CT molecular complexity index is 10400. The first-order valence-electron chi connectivity index (χ1n) is 45.8. The Labute approximate surface area is 856 Å². The van der Waals surface area contributed by atoms with Gasteiger partial charge in [0.1, 0.15) is 28.4 Å². The van der Waals surface area contributed by atoms with E-state index < -0.39 is 0 Å². The maximum atomic E-state index is 6.74. The smallest absolute Gasteiger partial charge is 0.503 e. The normalized spacial score (nSPS) is 10.9. The number of rotatable bonds is 6. The van der Waals surface area contributed by atoms with E-state index in [4.69, 9.17) is 35.8 Å². The Morgan fingerprint density at radius 1 is 0.267 bits per heavy atom. The third-order valence-electron chi connectivity index (χ3n) is 25.3. The number of benzene rings is 12. The molecule has 0 radical (unpaired) electrons. The molecule has 22 aromatic rings. The summed E-state index contributed by atoms with van der Waals surface area (Å²) in [7, 11) is 0. The molecule has 0 bridgehead atoms. The molecule has 668 valence electrons. The van der Waals surface area contributed by atoms with Gasteiger partial charge in [-0.15, -0.1) is 36.3 Å². The van der Waals surface area contributed by atoms with E-state index >= 15 is 0 Å². The third-order valence-corrected chi connectivity index (χ3v) is 25.3. The van der Waals surface area contributed by atoms with E-state index in [1.165, 1.54) is 87.5 Å². The summed E-state index contributed by atoms with van der Waals surface area (Å²) in [5, 5.41) is 16.0. The molecule has 12 heterocycles. The SMILES string of the molecule is C#CC#CC#CC#CC#CC#CC#CC#CC#CC#CC#CC#CC#CC#CC#CC#CC#CC#CC#CC.CC1(C)c2ccc(Oc3[c-]c4c(cc3)c3cc5c6ccccc6n(-c6ccccc6)c5cc3n3ccnc43)[c-]c2-n2c3ncccc3c3cccc1c32.CC1(C)c2ccc(Oc3ccc4c5cc6c7ccccc7n(-c7ccccc7)c6cc5n5ccnc5c4c3)cc2-n2c3ncccc3c3cccc1c32.[Pt+2]. The topological polar surface area (TPSA) is 98.6 Å². The number of imidazole rings is 2. The molecule has 146 heavy (non-hydrogen) atoms. The van der Waals surface area contributed by atoms with Crippen molar-refractivity contribution < 1.29 is 30.5 Å². The summed E-state index contributed by atoms with van der Waals surface area (Å²) in [5.74, 6) is 94.7. The van der Waals surface area contributed by atoms with Crippen molar-refractivity contribution >= 4 is 142 Å². The Kier molecular flexibility index (Phi) is 24.9. The number of pyridine rings is 4. The van der Waals surface area contributed by atoms with Gasteiger partial charge in [-0.2, -0.15) is 6.07 Å². The summed E-state index contributed by atoms with van der Waals surface area (Å²) in [6.07, 6.45) is 16.5. The van der Waals surface area contributed by atoms with Crippen LogP contribution in [0, 0.1) is 238 Å². The second-order valence-electron chi connectivity index (χ2n) is 34.0. The fourth-order valence-corrected chi connectivity index (χ4v) is 19.3. The van der Waals surface area contributed by atoms with Gasteiger partial charge >= 0.3 is 21.1 Å². The Morgan fingerprint density at radius 2 is 0.658 bits per heavy atom. The fourth-order valence-electron chi connectivity index (χ4n) is 19.3. The van der Waals surface area contributed by atoms with E-state index in [-0.39, 0.29) is 31.9 Å². The summed E-state index contributed by atoms with van der Waals surface area (Å²) >= 11 is 0. The zero-order valence-corrected chi connectivity index (χ0v) is 80.7. The summed E-state index contributed by atoms with van der Waals surface area (Å²) < 4.78 is 27.0. The predicted molar refractivity (Wildman–Crippen MR) is 583 cm³/mol. The first-order chi connectivity index (χ1) is 71.5. The summed E-state index contributed by atoms with van der Waals surface area (Å²) in [5.41, 5.74) is 21.8. The number of terminal acetylenes is 1. The van der Waals surface area contributed by atoms with Gasteiger partial charge in [-0.1, -0.05) is 177 Å². The van der Waals surface area contributed by atoms with Crippen molar-refractivity contribution in [1.29, 1.82) is 0 Å². The number of hydrogen-bond acceptors (Lipinski definition) is 6. The molecule has 0 amide bonds. The molecule has 0 unspecified atom stereocenters. The van der Waals surface area contributed by atoms with Gasteiger partial charge in [0.05, 0.1) is 50.0 Å². The second-order valence-corrected chi connectivity index (χ2v) is 34.0. The van der Waals surface area contributed by atoms with E-state index in [1.54, 1.807) is 6.92 Å². The van der Waals surface area contributed by atoms with E-state index in [9.17, 15) is 0 Å². The van der Waals surface area contributed by atoms with Crippen LogP contribution in [-0.4, -0.2) is 47.0 Å². The molecule has 0 N–H and O–H groups in total. The number of nitrogens with zero attached hydrogens (tertiary/aromatic N) is 10. The van der Waals surface area contributed by atoms with Gasteiger partial charge in [0.25, 0.3) is 0 Å². The monoisotopic (exact) mass is 2030 g/mol. The molecule has 10 aromatic heterocycles. The molecular formula is C133H64N10O2Pt. The molecule has 24 rings (SSSR count). The Hall–Kier alpha value is -21.5. The molecule has 0 saturated heterocycles. The second kappa shape index (κ2) is 39.9. The van der Waals surface area contributed by atoms with Crippen LogP contribution in [0.25, 0.3) is 165 Å². The maximum Gasteiger partial charge on any atom is 2.00 e. The Morgan fingerprint density at radius 3 is 1.17 bits per heavy atom. The minimum atomic E-state index is -0.227. The number of fused-ring (bicyclic) bond motifs is 28. The van der Waals surface area contributed by atoms with Crippen LogP contribution in [-0.2, 0) is 31.9 Å². The van der Waals surface area contributed by atoms with Gasteiger partial charge in [0.15, 0.2) is 0 Å². The van der Waals surface area contributed by atoms with Gasteiger partial charge < -0.3 is 27.6 Å². The molecule has 0 spiro atoms. The van der Waals surface area contributed by atoms with Crippen molar-refractivity contribution in [1.82, 2.24) is 47.0 Å². The molecule has 0 saturated carbocycles. The average molecular weight is 2030 g/mol. The number of aromatic nitrogens is 10. The van der Waals surface area contributed by atoms with Crippen molar-refractivity contribution in [3.63, 3.8) is 0 Å². The first kappa shape index (κ1) is 90.9. The van der Waals surface area contributed by atoms with E-state index in [0.29, 0.717) is 11.5 Å². The van der Waals surface area contributed by atoms with Crippen molar-refractivity contribution in [2.45, 2.75) is 45.4 Å². The van der Waals surface area contributed by atoms with Crippen LogP contribution in [0.1, 0.15) is 56.9 Å². The molecule has 13 heteroatoms. The summed E-state index contributed by atoms with van der Waals surface area (Å²) in [6, 6.07) is 97.9. The van der Waals surface area contributed by atoms with Gasteiger partial charge in [0, 0.05) is 249 Å². The number of para-hydroxylation sites is 6. The van der Waals surface area contributed by atoms with Crippen molar-refractivity contribution in [2.24, 2.45) is 0 Å². The fraction of sp³-hybridized carbons (Fsp3) is 0.0526. The zero-order valence-electron chi connectivity index (χ0n) is 78.4. The first-order valence-corrected chi connectivity index (χ1v) is 45.8. The molecule has 0 fully saturated rings. The van der Waals surface area contributed by atoms with Crippen LogP contribution < -0.4 is 9.47 Å². The van der Waals surface area contributed by atoms with Crippen molar-refractivity contribution in [3.05, 3.63) is 326 Å². The van der Waals surface area contributed by atoms with Crippen LogP contribution in [0.3, 0.4) is 0 Å². The van der Waals surface area contributed by atoms with Crippen LogP contribution in [0.15, 0.2) is 292 Å². The average Bonchev–Trinajstić information content (AvgIpc) is 1.54. The van der Waals surface area contributed by atoms with E-state index in [2.05, 4.69) is 523 Å². The van der Waals surface area contributed by atoms with E-state index in [0.717, 1.165) is 111 Å². The van der Waals surface area contributed by atoms with Gasteiger partial charge in [-0.05, 0) is 238 Å². The molecule has 12 nitrogen and oxygen atoms in total. The summed E-state index contributed by atoms with van der Waals surface area (Å²) in [6.45, 7) is 10.9. The van der Waals surface area contributed by atoms with Crippen LogP contribution in [0.5, 0.6) is 23.0 Å². The number of ether oxygens (including phenoxy) is 2. The quantitative estimate of drug-likeness (QED) is 0.0934. The van der Waals surface area contributed by atoms with Crippen molar-refractivity contribution in [2.75, 3.05) is 0 Å². The molecule has 0 atom stereocenters. The van der Waals surface area contributed by atoms with Crippen LogP contribution in [0.4, 0.5) is 0 Å². The molecule has 2 aliphatic heterocycles. The van der Waals surface area contributed by atoms with Crippen LogP contribution >= 0.6 is 0 Å². The van der Waals surface area contributed by atoms with E-state index in [1.807, 2.05) is 55.2 Å². The summed E-state index contributed by atoms with van der Waals surface area (Å²) in [4.78, 5) is 19.4. The molecule has 0 aliphatic carbocycles. The van der Waals surface area contributed by atoms with Gasteiger partial charge in [-0.25, -0.2) is 15.0 Å². The minimum absolute atomic E-state index is 0. The predicted octanol–water partition coefficient (Wildman–Crippen LogP) is 23.6. The maximum absolute atomic E-state index is 6.74. The number of hydrogen-bond donors (Lipinski definition) is 0. The molecule has 12 aromatic carbocycles. The Balaban J connectivity index is 0.000000131. The zero-order chi connectivity index (χ0) is 98.2. The third kappa shape index (κ3) is 17.0. The van der Waals surface area contributed by atoms with Crippen LogP contribution in [0.2, 0.25) is 0 Å². The minimum Gasteiger partial charge on any atom is -0.503 e. The molecule has 2 aliphatic rings. The van der Waals surface area contributed by atoms with Gasteiger partial charge in [-0.3, -0.25) is 14.0 Å². The standard InChI is InChI=1S/C47H31N5O.C47H29N5O.C39H4.Pt/c2*1-47(2)38-20-18-30(25-43(38)52-44-33(13-8-15-39(44)47)34-14-9-21-48-46(34)52)53-29-17-19-31-35-26-36-32-12-6-7-16-40(32)51(28-10-4-3-5-11-28)42(36)27-41(35)50-23-22-49-45(50)37(31)24-29;1-3-5-7-9-11-13-15-17-19-21-23-25-27-29-31-33-35-37-39-38-36-34-32-30-28-26-24-22-20-18-16-14-12-10-8-6-4-2;/h3-27H,1-2H3;3-23,26-27H,1-2H3;1H,2H3;/q;-2;;+2.